The lowest BCUT2D eigenvalue weighted by Crippen LogP contribution is -2.10. The van der Waals surface area contributed by atoms with Crippen LogP contribution in [-0.4, -0.2) is 19.5 Å². The highest BCUT2D eigenvalue weighted by Crippen LogP contribution is 2.21. The molecule has 1 atom stereocenters. The second kappa shape index (κ2) is 5.64. The minimum absolute atomic E-state index is 0.210. The average molecular weight is 315 g/mol. The first kappa shape index (κ1) is 14.9. The van der Waals surface area contributed by atoms with E-state index in [-0.39, 0.29) is 17.7 Å². The van der Waals surface area contributed by atoms with Gasteiger partial charge in [-0.2, -0.15) is 0 Å². The summed E-state index contributed by atoms with van der Waals surface area (Å²) in [5.74, 6) is -0.0467. The molecular weight excluding hydrogens is 301 g/mol. The Balaban J connectivity index is 1.89. The Morgan fingerprint density at radius 3 is 2.83 bits per heavy atom. The summed E-state index contributed by atoms with van der Waals surface area (Å²) < 4.78 is 14.8. The number of benzene rings is 1. The van der Waals surface area contributed by atoms with Gasteiger partial charge in [0.15, 0.2) is 5.82 Å². The lowest BCUT2D eigenvalue weighted by Gasteiger charge is -2.14. The van der Waals surface area contributed by atoms with Gasteiger partial charge in [0.05, 0.1) is 6.04 Å². The van der Waals surface area contributed by atoms with Crippen LogP contribution in [0.25, 0.3) is 5.65 Å². The van der Waals surface area contributed by atoms with Crippen LogP contribution in [0.4, 0.5) is 16.0 Å². The lowest BCUT2D eigenvalue weighted by molar-refractivity contribution is -0.391. The van der Waals surface area contributed by atoms with Crippen LogP contribution >= 0.6 is 0 Å². The van der Waals surface area contributed by atoms with Gasteiger partial charge in [-0.3, -0.25) is 0 Å². The molecular formula is C15H14FN5O2. The van der Waals surface area contributed by atoms with Crippen molar-refractivity contribution in [1.82, 2.24) is 14.6 Å². The molecule has 0 radical (unpaired) electrons. The van der Waals surface area contributed by atoms with Crippen LogP contribution in [0.1, 0.15) is 24.1 Å². The fraction of sp³-hybridized carbons (Fsp3) is 0.200. The largest absolute Gasteiger partial charge is 0.368 e. The van der Waals surface area contributed by atoms with Crippen molar-refractivity contribution >= 4 is 17.3 Å². The summed E-state index contributed by atoms with van der Waals surface area (Å²) in [6.07, 6.45) is 1.16. The van der Waals surface area contributed by atoms with Crippen molar-refractivity contribution in [3.8, 4) is 0 Å². The predicted octanol–water partition coefficient (Wildman–Crippen LogP) is 3.26. The Bertz CT molecular complexity index is 893. The summed E-state index contributed by atoms with van der Waals surface area (Å²) in [6.45, 7) is 3.56. The molecule has 0 aliphatic carbocycles. The fourth-order valence-corrected chi connectivity index (χ4v) is 2.25. The van der Waals surface area contributed by atoms with Gasteiger partial charge in [0.2, 0.25) is 5.65 Å². The quantitative estimate of drug-likeness (QED) is 0.590. The number of hydrogen-bond donors (Lipinski definition) is 1. The summed E-state index contributed by atoms with van der Waals surface area (Å²) in [5, 5.41) is 18.2. The molecule has 0 bridgehead atoms. The first-order chi connectivity index (χ1) is 11.0. The van der Waals surface area contributed by atoms with Crippen molar-refractivity contribution < 1.29 is 9.31 Å². The topological polar surface area (TPSA) is 85.4 Å². The van der Waals surface area contributed by atoms with Crippen molar-refractivity contribution in [2.75, 3.05) is 5.32 Å². The van der Waals surface area contributed by atoms with Gasteiger partial charge in [-0.15, -0.1) is 0 Å². The van der Waals surface area contributed by atoms with Crippen LogP contribution in [0.3, 0.4) is 0 Å². The van der Waals surface area contributed by atoms with E-state index in [0.717, 1.165) is 16.3 Å². The lowest BCUT2D eigenvalue weighted by atomic mass is 10.1. The van der Waals surface area contributed by atoms with Gasteiger partial charge in [0, 0.05) is 6.07 Å². The number of imidazole rings is 1. The van der Waals surface area contributed by atoms with E-state index in [1.807, 2.05) is 13.0 Å². The number of hydrogen-bond acceptors (Lipinski definition) is 5. The second-order valence-corrected chi connectivity index (χ2v) is 5.24. The summed E-state index contributed by atoms with van der Waals surface area (Å²) in [6, 6.07) is 8.09. The van der Waals surface area contributed by atoms with E-state index in [2.05, 4.69) is 15.4 Å². The Hall–Kier alpha value is -3.03. The third-order valence-corrected chi connectivity index (χ3v) is 3.59. The van der Waals surface area contributed by atoms with Crippen LogP contribution in [0.5, 0.6) is 0 Å². The maximum absolute atomic E-state index is 13.7. The number of fused-ring (bicyclic) bond motifs is 1. The van der Waals surface area contributed by atoms with E-state index < -0.39 is 4.92 Å². The number of aryl methyl sites for hydroxylation is 1. The minimum atomic E-state index is -0.546. The molecule has 23 heavy (non-hydrogen) atoms. The van der Waals surface area contributed by atoms with Gasteiger partial charge >= 0.3 is 5.82 Å². The van der Waals surface area contributed by atoms with Gasteiger partial charge < -0.3 is 15.4 Å². The van der Waals surface area contributed by atoms with Gasteiger partial charge in [0.25, 0.3) is 0 Å². The van der Waals surface area contributed by atoms with E-state index in [9.17, 15) is 14.5 Å². The molecule has 3 rings (SSSR count). The molecule has 3 aromatic rings. The Morgan fingerprint density at radius 1 is 1.35 bits per heavy atom. The number of aromatic nitrogens is 3. The van der Waals surface area contributed by atoms with E-state index >= 15 is 0 Å². The molecule has 7 nitrogen and oxygen atoms in total. The van der Waals surface area contributed by atoms with E-state index in [0.29, 0.717) is 17.0 Å². The van der Waals surface area contributed by atoms with Crippen LogP contribution in [0.15, 0.2) is 36.5 Å². The minimum Gasteiger partial charge on any atom is -0.360 e. The van der Waals surface area contributed by atoms with Gasteiger partial charge in [0.1, 0.15) is 12.0 Å². The Kier molecular flexibility index (Phi) is 3.65. The highest BCUT2D eigenvalue weighted by atomic mass is 19.1. The third kappa shape index (κ3) is 2.83. The fourth-order valence-electron chi connectivity index (χ4n) is 2.25. The number of anilines is 1. The van der Waals surface area contributed by atoms with Crippen LogP contribution in [-0.2, 0) is 0 Å². The highest BCUT2D eigenvalue weighted by molar-refractivity contribution is 5.49. The molecule has 0 aliphatic rings. The zero-order valence-corrected chi connectivity index (χ0v) is 12.5. The predicted molar refractivity (Wildman–Crippen MR) is 82.8 cm³/mol. The van der Waals surface area contributed by atoms with Crippen molar-refractivity contribution in [3.63, 3.8) is 0 Å². The summed E-state index contributed by atoms with van der Waals surface area (Å²) in [4.78, 5) is 14.3. The molecule has 0 fully saturated rings. The standard InChI is InChI=1S/C15H14FN5O2/c1-9-3-4-11(7-12(9)16)10(2)18-13-5-6-14-17-8-15(21(22)23)20(14)19-13/h3-8,10H,1-2H3,(H,18,19). The smallest absolute Gasteiger partial charge is 0.360 e. The molecule has 2 heterocycles. The normalized spacial score (nSPS) is 12.3. The van der Waals surface area contributed by atoms with Gasteiger partial charge in [-0.05, 0) is 42.0 Å². The molecule has 1 N–H and O–H groups in total. The molecule has 0 amide bonds. The van der Waals surface area contributed by atoms with Crippen molar-refractivity contribution in [2.45, 2.75) is 19.9 Å². The van der Waals surface area contributed by atoms with Crippen LogP contribution in [0, 0.1) is 22.9 Å². The maximum atomic E-state index is 13.7. The first-order valence-electron chi connectivity index (χ1n) is 6.97. The molecule has 0 spiro atoms. The monoisotopic (exact) mass is 315 g/mol. The van der Waals surface area contributed by atoms with E-state index in [4.69, 9.17) is 0 Å². The number of nitro groups is 1. The van der Waals surface area contributed by atoms with Crippen molar-refractivity contribution in [1.29, 1.82) is 0 Å². The van der Waals surface area contributed by atoms with E-state index in [1.54, 1.807) is 25.1 Å². The Morgan fingerprint density at radius 2 is 2.13 bits per heavy atom. The zero-order chi connectivity index (χ0) is 16.6. The van der Waals surface area contributed by atoms with Crippen molar-refractivity contribution in [2.24, 2.45) is 0 Å². The maximum Gasteiger partial charge on any atom is 0.368 e. The number of nitrogens with one attached hydrogen (secondary N) is 1. The molecule has 1 aromatic carbocycles. The molecule has 1 unspecified atom stereocenters. The van der Waals surface area contributed by atoms with E-state index in [1.165, 1.54) is 6.07 Å². The van der Waals surface area contributed by atoms with Gasteiger partial charge in [-0.1, -0.05) is 21.7 Å². The molecule has 8 heteroatoms. The average Bonchev–Trinajstić information content (AvgIpc) is 2.93. The first-order valence-corrected chi connectivity index (χ1v) is 6.97. The van der Waals surface area contributed by atoms with Crippen molar-refractivity contribution in [3.05, 3.63) is 63.6 Å². The van der Waals surface area contributed by atoms with Gasteiger partial charge in [-0.25, -0.2) is 9.37 Å². The summed E-state index contributed by atoms with van der Waals surface area (Å²) >= 11 is 0. The number of halogens is 1. The highest BCUT2D eigenvalue weighted by Gasteiger charge is 2.17. The number of nitrogens with zero attached hydrogens (tertiary/aromatic N) is 4. The SMILES string of the molecule is Cc1ccc(C(C)Nc2ccc3ncc([N+](=O)[O-])n3n2)cc1F. The molecule has 2 aromatic heterocycles. The third-order valence-electron chi connectivity index (χ3n) is 3.59. The van der Waals surface area contributed by atoms with Crippen LogP contribution < -0.4 is 5.32 Å². The molecule has 0 saturated carbocycles. The van der Waals surface area contributed by atoms with Crippen LogP contribution in [0.2, 0.25) is 0 Å². The zero-order valence-electron chi connectivity index (χ0n) is 12.5. The second-order valence-electron chi connectivity index (χ2n) is 5.24. The number of rotatable bonds is 4. The molecule has 0 aliphatic heterocycles. The Labute approximate surface area is 130 Å². The summed E-state index contributed by atoms with van der Waals surface area (Å²) in [7, 11) is 0. The summed E-state index contributed by atoms with van der Waals surface area (Å²) in [5.41, 5.74) is 1.72. The molecule has 0 saturated heterocycles. The molecule has 118 valence electrons.